The largest absolute Gasteiger partial charge is 0.534 e. The van der Waals surface area contributed by atoms with Gasteiger partial charge in [-0.2, -0.15) is 0 Å². The van der Waals surface area contributed by atoms with Crippen molar-refractivity contribution in [1.29, 1.82) is 0 Å². The molecule has 1 aliphatic rings. The molecule has 2 amide bonds. The highest BCUT2D eigenvalue weighted by atomic mass is 16.8. The number of amides is 2. The normalized spacial score (nSPS) is 13.7. The van der Waals surface area contributed by atoms with E-state index in [-0.39, 0.29) is 26.1 Å². The number of imide groups is 1. The highest BCUT2D eigenvalue weighted by Gasteiger charge is 2.33. The summed E-state index contributed by atoms with van der Waals surface area (Å²) in [7, 11) is 1.63. The molecule has 0 saturated carbocycles. The molecule has 192 valence electrons. The van der Waals surface area contributed by atoms with E-state index in [1.807, 2.05) is 0 Å². The lowest BCUT2D eigenvalue weighted by Crippen LogP contribution is -2.32. The van der Waals surface area contributed by atoms with Gasteiger partial charge in [0.2, 0.25) is 0 Å². The van der Waals surface area contributed by atoms with Crippen LogP contribution < -0.4 is 0 Å². The zero-order valence-electron chi connectivity index (χ0n) is 19.2. The van der Waals surface area contributed by atoms with Gasteiger partial charge in [-0.3, -0.25) is 14.4 Å². The van der Waals surface area contributed by atoms with Crippen molar-refractivity contribution in [1.82, 2.24) is 5.06 Å². The molecule has 1 saturated heterocycles. The summed E-state index contributed by atoms with van der Waals surface area (Å²) < 4.78 is 41.5. The van der Waals surface area contributed by atoms with Crippen molar-refractivity contribution >= 4 is 18.0 Å². The third-order valence-electron chi connectivity index (χ3n) is 3.91. The van der Waals surface area contributed by atoms with Crippen molar-refractivity contribution in [2.24, 2.45) is 0 Å². The standard InChI is InChI=1S/C20H35NO12/c1-25-4-5-26-6-7-27-8-9-28-10-11-29-12-13-30-14-15-31-16-17-32-20(24)33-21-18(22)2-3-19(21)23/h2-17H2,1H3. The van der Waals surface area contributed by atoms with Crippen LogP contribution in [-0.2, 0) is 52.3 Å². The summed E-state index contributed by atoms with van der Waals surface area (Å²) in [5.74, 6) is -1.13. The topological polar surface area (TPSA) is 138 Å². The van der Waals surface area contributed by atoms with E-state index < -0.39 is 18.0 Å². The SMILES string of the molecule is COCCOCCOCCOCCOCCOCCOCCOC(=O)ON1C(=O)CCC1=O. The van der Waals surface area contributed by atoms with Gasteiger partial charge in [-0.15, -0.1) is 0 Å². The Hall–Kier alpha value is -1.87. The Morgan fingerprint density at radius 1 is 0.606 bits per heavy atom. The maximum absolute atomic E-state index is 11.4. The molecule has 0 spiro atoms. The van der Waals surface area contributed by atoms with Crippen molar-refractivity contribution in [2.75, 3.05) is 99.6 Å². The number of carbonyl (C=O) groups excluding carboxylic acids is 3. The molecule has 0 bridgehead atoms. The van der Waals surface area contributed by atoms with Crippen LogP contribution in [0.3, 0.4) is 0 Å². The van der Waals surface area contributed by atoms with Crippen molar-refractivity contribution in [2.45, 2.75) is 12.8 Å². The fourth-order valence-corrected chi connectivity index (χ4v) is 2.29. The number of hydroxylamine groups is 2. The number of methoxy groups -OCH3 is 1. The summed E-state index contributed by atoms with van der Waals surface area (Å²) in [5, 5.41) is 0.420. The third kappa shape index (κ3) is 16.4. The van der Waals surface area contributed by atoms with E-state index in [9.17, 15) is 14.4 Å². The van der Waals surface area contributed by atoms with E-state index in [0.29, 0.717) is 84.3 Å². The second-order valence-electron chi connectivity index (χ2n) is 6.44. The molecule has 0 unspecified atom stereocenters. The summed E-state index contributed by atoms with van der Waals surface area (Å²) in [4.78, 5) is 38.5. The number of rotatable bonds is 22. The number of ether oxygens (including phenoxy) is 8. The molecule has 0 atom stereocenters. The molecule has 33 heavy (non-hydrogen) atoms. The van der Waals surface area contributed by atoms with Gasteiger partial charge in [-0.1, -0.05) is 5.06 Å². The predicted octanol–water partition coefficient (Wildman–Crippen LogP) is -0.0504. The minimum Gasteiger partial charge on any atom is -0.430 e. The van der Waals surface area contributed by atoms with E-state index >= 15 is 0 Å². The third-order valence-corrected chi connectivity index (χ3v) is 3.91. The molecule has 0 radical (unpaired) electrons. The van der Waals surface area contributed by atoms with E-state index in [0.717, 1.165) is 0 Å². The van der Waals surface area contributed by atoms with Crippen LogP contribution in [0.2, 0.25) is 0 Å². The molecular weight excluding hydrogens is 446 g/mol. The van der Waals surface area contributed by atoms with Gasteiger partial charge in [0.15, 0.2) is 0 Å². The van der Waals surface area contributed by atoms with E-state index in [1.54, 1.807) is 7.11 Å². The number of carbonyl (C=O) groups is 3. The van der Waals surface area contributed by atoms with Crippen LogP contribution in [0.4, 0.5) is 4.79 Å². The molecule has 0 aliphatic carbocycles. The Bertz CT molecular complexity index is 517. The number of hydrogen-bond acceptors (Lipinski definition) is 12. The molecule has 0 aromatic carbocycles. The number of hydrogen-bond donors (Lipinski definition) is 0. The van der Waals surface area contributed by atoms with Gasteiger partial charge < -0.3 is 37.9 Å². The average Bonchev–Trinajstić information content (AvgIpc) is 3.12. The summed E-state index contributed by atoms with van der Waals surface area (Å²) in [6.07, 6.45) is -1.08. The average molecular weight is 481 g/mol. The zero-order valence-corrected chi connectivity index (χ0v) is 19.2. The maximum atomic E-state index is 11.4. The first-order chi connectivity index (χ1) is 16.1. The Morgan fingerprint density at radius 2 is 0.939 bits per heavy atom. The molecule has 13 heteroatoms. The van der Waals surface area contributed by atoms with Gasteiger partial charge in [0.05, 0.1) is 85.9 Å². The fraction of sp³-hybridized carbons (Fsp3) is 0.850. The molecule has 1 aliphatic heterocycles. The lowest BCUT2D eigenvalue weighted by Gasteiger charge is -2.12. The second kappa shape index (κ2) is 20.7. The van der Waals surface area contributed by atoms with Gasteiger partial charge >= 0.3 is 6.16 Å². The molecular formula is C20H35NO12. The summed E-state index contributed by atoms with van der Waals surface area (Å²) in [6.45, 7) is 5.67. The summed E-state index contributed by atoms with van der Waals surface area (Å²) in [6, 6.07) is 0. The molecule has 1 rings (SSSR count). The Labute approximate surface area is 193 Å². The number of nitrogens with zero attached hydrogens (tertiary/aromatic N) is 1. The van der Waals surface area contributed by atoms with Crippen LogP contribution in [0.25, 0.3) is 0 Å². The van der Waals surface area contributed by atoms with Crippen LogP contribution in [-0.4, -0.2) is 123 Å². The first-order valence-corrected chi connectivity index (χ1v) is 10.8. The van der Waals surface area contributed by atoms with Crippen LogP contribution in [0.15, 0.2) is 0 Å². The molecule has 13 nitrogen and oxygen atoms in total. The van der Waals surface area contributed by atoms with Crippen LogP contribution in [0.5, 0.6) is 0 Å². The van der Waals surface area contributed by atoms with E-state index in [2.05, 4.69) is 4.84 Å². The van der Waals surface area contributed by atoms with Crippen LogP contribution in [0, 0.1) is 0 Å². The highest BCUT2D eigenvalue weighted by molar-refractivity contribution is 6.01. The van der Waals surface area contributed by atoms with Gasteiger partial charge in [0.25, 0.3) is 11.8 Å². The monoisotopic (exact) mass is 481 g/mol. The lowest BCUT2D eigenvalue weighted by atomic mass is 10.4. The van der Waals surface area contributed by atoms with Gasteiger partial charge in [0.1, 0.15) is 6.61 Å². The Morgan fingerprint density at radius 3 is 1.30 bits per heavy atom. The van der Waals surface area contributed by atoms with Crippen LogP contribution in [0.1, 0.15) is 12.8 Å². The maximum Gasteiger partial charge on any atom is 0.534 e. The minimum absolute atomic E-state index is 0.0244. The first kappa shape index (κ1) is 29.2. The van der Waals surface area contributed by atoms with Crippen molar-refractivity contribution in [3.8, 4) is 0 Å². The van der Waals surface area contributed by atoms with E-state index in [4.69, 9.17) is 37.9 Å². The molecule has 0 N–H and O–H groups in total. The Balaban J connectivity index is 1.72. The highest BCUT2D eigenvalue weighted by Crippen LogP contribution is 2.12. The molecule has 0 aromatic rings. The van der Waals surface area contributed by atoms with Crippen LogP contribution >= 0.6 is 0 Å². The molecule has 1 fully saturated rings. The van der Waals surface area contributed by atoms with Crippen molar-refractivity contribution in [3.05, 3.63) is 0 Å². The zero-order chi connectivity index (χ0) is 24.0. The van der Waals surface area contributed by atoms with Crippen molar-refractivity contribution < 1.29 is 57.1 Å². The van der Waals surface area contributed by atoms with Gasteiger partial charge in [0, 0.05) is 20.0 Å². The lowest BCUT2D eigenvalue weighted by molar-refractivity contribution is -0.177. The smallest absolute Gasteiger partial charge is 0.430 e. The Kier molecular flexibility index (Phi) is 18.3. The summed E-state index contributed by atoms with van der Waals surface area (Å²) >= 11 is 0. The quantitative estimate of drug-likeness (QED) is 0.116. The van der Waals surface area contributed by atoms with Gasteiger partial charge in [-0.05, 0) is 0 Å². The second-order valence-corrected chi connectivity index (χ2v) is 6.44. The summed E-state index contributed by atoms with van der Waals surface area (Å²) in [5.41, 5.74) is 0. The fourth-order valence-electron chi connectivity index (χ4n) is 2.29. The van der Waals surface area contributed by atoms with Gasteiger partial charge in [-0.25, -0.2) is 4.79 Å². The van der Waals surface area contributed by atoms with Crippen molar-refractivity contribution in [3.63, 3.8) is 0 Å². The minimum atomic E-state index is -1.13. The predicted molar refractivity (Wildman–Crippen MR) is 110 cm³/mol. The molecule has 1 heterocycles. The molecule has 0 aromatic heterocycles. The first-order valence-electron chi connectivity index (χ1n) is 10.8. The van der Waals surface area contributed by atoms with E-state index in [1.165, 1.54) is 0 Å².